The van der Waals surface area contributed by atoms with Crippen LogP contribution in [0.25, 0.3) is 0 Å². The quantitative estimate of drug-likeness (QED) is 0.401. The van der Waals surface area contributed by atoms with Crippen molar-refractivity contribution in [3.05, 3.63) is 72.3 Å². The highest BCUT2D eigenvalue weighted by Crippen LogP contribution is 2.25. The molecule has 0 amide bonds. The number of rotatable bonds is 4. The van der Waals surface area contributed by atoms with E-state index in [1.807, 2.05) is 0 Å². The maximum atomic E-state index is 12.3. The first-order valence-corrected chi connectivity index (χ1v) is 5.89. The summed E-state index contributed by atoms with van der Waals surface area (Å²) in [5.74, 6) is -0.974. The largest absolute Gasteiger partial charge is 0.507 e. The molecule has 0 saturated carbocycles. The molecule has 2 aromatic rings. The molecule has 1 N–H and O–H groups in total. The van der Waals surface area contributed by atoms with Gasteiger partial charge in [0, 0.05) is 11.6 Å². The molecule has 0 heterocycles. The summed E-state index contributed by atoms with van der Waals surface area (Å²) in [5, 5.41) is 9.78. The zero-order valence-electron chi connectivity index (χ0n) is 10.6. The van der Waals surface area contributed by atoms with Gasteiger partial charge in [0.1, 0.15) is 11.5 Å². The second-order valence-electron chi connectivity index (χ2n) is 4.00. The molecule has 0 saturated heterocycles. The third-order valence-corrected chi connectivity index (χ3v) is 2.63. The first-order valence-electron chi connectivity index (χ1n) is 5.89. The number of phenolic OH excluding ortho intramolecular Hbond substituents is 1. The fourth-order valence-corrected chi connectivity index (χ4v) is 1.66. The lowest BCUT2D eigenvalue weighted by molar-refractivity contribution is -0.128. The minimum atomic E-state index is -0.631. The molecule has 0 spiro atoms. The zero-order valence-corrected chi connectivity index (χ0v) is 10.6. The standard InChI is InChI=1S/C16H12O4/c1-2-15(18)20-12-8-9-14(17)13(10-12)16(19)11-6-4-3-5-7-11/h2-10,17H,1H2. The average molecular weight is 268 g/mol. The van der Waals surface area contributed by atoms with E-state index in [1.165, 1.54) is 18.2 Å². The predicted molar refractivity (Wildman–Crippen MR) is 73.8 cm³/mol. The summed E-state index contributed by atoms with van der Waals surface area (Å²) in [5.41, 5.74) is 0.514. The van der Waals surface area contributed by atoms with Crippen molar-refractivity contribution >= 4 is 11.8 Å². The summed E-state index contributed by atoms with van der Waals surface area (Å²) in [6, 6.07) is 12.6. The van der Waals surface area contributed by atoms with Crippen LogP contribution >= 0.6 is 0 Å². The van der Waals surface area contributed by atoms with Crippen LogP contribution in [-0.4, -0.2) is 16.9 Å². The Morgan fingerprint density at radius 3 is 2.45 bits per heavy atom. The number of aromatic hydroxyl groups is 1. The highest BCUT2D eigenvalue weighted by Gasteiger charge is 2.15. The molecule has 2 aromatic carbocycles. The molecule has 100 valence electrons. The van der Waals surface area contributed by atoms with Crippen molar-refractivity contribution in [3.8, 4) is 11.5 Å². The van der Waals surface area contributed by atoms with Crippen molar-refractivity contribution in [1.82, 2.24) is 0 Å². The van der Waals surface area contributed by atoms with Gasteiger partial charge >= 0.3 is 5.97 Å². The molecule has 0 aliphatic carbocycles. The van der Waals surface area contributed by atoms with Crippen molar-refractivity contribution in [2.75, 3.05) is 0 Å². The SMILES string of the molecule is C=CC(=O)Oc1ccc(O)c(C(=O)c2ccccc2)c1. The van der Waals surface area contributed by atoms with E-state index in [4.69, 9.17) is 4.74 Å². The van der Waals surface area contributed by atoms with Gasteiger partial charge in [-0.2, -0.15) is 0 Å². The second kappa shape index (κ2) is 5.84. The van der Waals surface area contributed by atoms with Gasteiger partial charge in [0.05, 0.1) is 5.56 Å². The average Bonchev–Trinajstić information content (AvgIpc) is 2.49. The van der Waals surface area contributed by atoms with E-state index >= 15 is 0 Å². The summed E-state index contributed by atoms with van der Waals surface area (Å²) in [6.07, 6.45) is 1.02. The number of carbonyl (C=O) groups excluding carboxylic acids is 2. The Kier molecular flexibility index (Phi) is 3.96. The maximum Gasteiger partial charge on any atom is 0.335 e. The van der Waals surface area contributed by atoms with Crippen LogP contribution in [0.3, 0.4) is 0 Å². The predicted octanol–water partition coefficient (Wildman–Crippen LogP) is 2.71. The van der Waals surface area contributed by atoms with Crippen LogP contribution in [-0.2, 0) is 4.79 Å². The van der Waals surface area contributed by atoms with Gasteiger partial charge < -0.3 is 9.84 Å². The van der Waals surface area contributed by atoms with E-state index in [0.717, 1.165) is 6.08 Å². The molecule has 2 rings (SSSR count). The summed E-state index contributed by atoms with van der Waals surface area (Å²) in [6.45, 7) is 3.29. The van der Waals surface area contributed by atoms with Crippen LogP contribution in [0.4, 0.5) is 0 Å². The number of ketones is 1. The number of phenols is 1. The fraction of sp³-hybridized carbons (Fsp3) is 0. The van der Waals surface area contributed by atoms with Crippen LogP contribution in [0.15, 0.2) is 61.2 Å². The zero-order chi connectivity index (χ0) is 14.5. The summed E-state index contributed by atoms with van der Waals surface area (Å²) in [4.78, 5) is 23.4. The number of esters is 1. The van der Waals surface area contributed by atoms with E-state index in [9.17, 15) is 14.7 Å². The van der Waals surface area contributed by atoms with Crippen LogP contribution < -0.4 is 4.74 Å². The topological polar surface area (TPSA) is 63.6 Å². The molecule has 0 bridgehead atoms. The molecule has 20 heavy (non-hydrogen) atoms. The minimum absolute atomic E-state index is 0.0746. The van der Waals surface area contributed by atoms with Gasteiger partial charge in [-0.1, -0.05) is 36.9 Å². The number of benzene rings is 2. The maximum absolute atomic E-state index is 12.3. The molecule has 0 aliphatic heterocycles. The van der Waals surface area contributed by atoms with Gasteiger partial charge in [-0.3, -0.25) is 4.79 Å². The number of hydrogen-bond acceptors (Lipinski definition) is 4. The summed E-state index contributed by atoms with van der Waals surface area (Å²) in [7, 11) is 0. The monoisotopic (exact) mass is 268 g/mol. The van der Waals surface area contributed by atoms with E-state index in [1.54, 1.807) is 30.3 Å². The summed E-state index contributed by atoms with van der Waals surface area (Å²) < 4.78 is 4.92. The van der Waals surface area contributed by atoms with Gasteiger partial charge in [-0.25, -0.2) is 4.79 Å². The van der Waals surface area contributed by atoms with Crippen LogP contribution in [0.1, 0.15) is 15.9 Å². The van der Waals surface area contributed by atoms with E-state index < -0.39 is 5.97 Å². The normalized spacial score (nSPS) is 9.80. The Morgan fingerprint density at radius 1 is 1.10 bits per heavy atom. The number of hydrogen-bond donors (Lipinski definition) is 1. The molecule has 0 aliphatic rings. The van der Waals surface area contributed by atoms with Crippen molar-refractivity contribution in [2.45, 2.75) is 0 Å². The molecule has 0 radical (unpaired) electrons. The lowest BCUT2D eigenvalue weighted by Gasteiger charge is -2.07. The fourth-order valence-electron chi connectivity index (χ4n) is 1.66. The van der Waals surface area contributed by atoms with E-state index in [2.05, 4.69) is 6.58 Å². The van der Waals surface area contributed by atoms with Crippen molar-refractivity contribution in [1.29, 1.82) is 0 Å². The van der Waals surface area contributed by atoms with Crippen molar-refractivity contribution in [3.63, 3.8) is 0 Å². The Morgan fingerprint density at radius 2 is 1.80 bits per heavy atom. The highest BCUT2D eigenvalue weighted by atomic mass is 16.5. The molecular weight excluding hydrogens is 256 g/mol. The lowest BCUT2D eigenvalue weighted by atomic mass is 10.0. The van der Waals surface area contributed by atoms with E-state index in [0.29, 0.717) is 5.56 Å². The van der Waals surface area contributed by atoms with Crippen LogP contribution in [0.2, 0.25) is 0 Å². The Hall–Kier alpha value is -2.88. The molecule has 4 nitrogen and oxygen atoms in total. The number of carbonyl (C=O) groups is 2. The van der Waals surface area contributed by atoms with Crippen molar-refractivity contribution in [2.24, 2.45) is 0 Å². The van der Waals surface area contributed by atoms with E-state index in [-0.39, 0.29) is 22.8 Å². The highest BCUT2D eigenvalue weighted by molar-refractivity contribution is 6.10. The van der Waals surface area contributed by atoms with Gasteiger partial charge in [-0.05, 0) is 18.2 Å². The minimum Gasteiger partial charge on any atom is -0.507 e. The molecular formula is C16H12O4. The van der Waals surface area contributed by atoms with Gasteiger partial charge in [0.2, 0.25) is 0 Å². The number of ether oxygens (including phenoxy) is 1. The molecule has 4 heteroatoms. The summed E-state index contributed by atoms with van der Waals surface area (Å²) >= 11 is 0. The van der Waals surface area contributed by atoms with Crippen LogP contribution in [0, 0.1) is 0 Å². The third kappa shape index (κ3) is 2.92. The first kappa shape index (κ1) is 13.5. The third-order valence-electron chi connectivity index (χ3n) is 2.63. The van der Waals surface area contributed by atoms with Crippen molar-refractivity contribution < 1.29 is 19.4 Å². The first-order chi connectivity index (χ1) is 9.61. The molecule has 0 unspecified atom stereocenters. The molecule has 0 atom stereocenters. The van der Waals surface area contributed by atoms with Gasteiger partial charge in [0.15, 0.2) is 5.78 Å². The second-order valence-corrected chi connectivity index (χ2v) is 4.00. The molecule has 0 aromatic heterocycles. The van der Waals surface area contributed by atoms with Crippen LogP contribution in [0.5, 0.6) is 11.5 Å². The lowest BCUT2D eigenvalue weighted by Crippen LogP contribution is -2.06. The Labute approximate surface area is 115 Å². The Bertz CT molecular complexity index is 659. The van der Waals surface area contributed by atoms with Gasteiger partial charge in [-0.15, -0.1) is 0 Å². The molecule has 0 fully saturated rings. The Balaban J connectivity index is 2.36. The van der Waals surface area contributed by atoms with Gasteiger partial charge in [0.25, 0.3) is 0 Å². The smallest absolute Gasteiger partial charge is 0.335 e.